The molecule has 3 heterocycles. The molecule has 1 fully saturated rings. The first-order valence-electron chi connectivity index (χ1n) is 9.01. The topological polar surface area (TPSA) is 50.6 Å². The van der Waals surface area contributed by atoms with Crippen molar-refractivity contribution in [2.45, 2.75) is 38.3 Å². The van der Waals surface area contributed by atoms with E-state index in [1.807, 2.05) is 6.33 Å². The highest BCUT2D eigenvalue weighted by atomic mass is 16.5. The number of nitrogens with zero attached hydrogens (tertiary/aromatic N) is 4. The number of ether oxygens (including phenoxy) is 1. The molecule has 0 unspecified atom stereocenters. The Balaban J connectivity index is 1.56. The third kappa shape index (κ3) is 3.00. The van der Waals surface area contributed by atoms with Gasteiger partial charge in [0.2, 0.25) is 5.91 Å². The summed E-state index contributed by atoms with van der Waals surface area (Å²) in [5.41, 5.74) is 3.33. The van der Waals surface area contributed by atoms with Crippen molar-refractivity contribution >= 4 is 5.91 Å². The van der Waals surface area contributed by atoms with Crippen molar-refractivity contribution in [1.82, 2.24) is 19.4 Å². The van der Waals surface area contributed by atoms with Crippen molar-refractivity contribution in [1.29, 1.82) is 0 Å². The summed E-state index contributed by atoms with van der Waals surface area (Å²) < 4.78 is 7.57. The maximum Gasteiger partial charge on any atom is 0.250 e. The number of fused-ring (bicyclic) bond motifs is 1. The van der Waals surface area contributed by atoms with Crippen LogP contribution in [0.5, 0.6) is 0 Å². The highest BCUT2D eigenvalue weighted by Crippen LogP contribution is 2.27. The monoisotopic (exact) mass is 330 g/mol. The number of amides is 1. The Bertz CT molecular complexity index is 645. The summed E-state index contributed by atoms with van der Waals surface area (Å²) in [5, 5.41) is 0. The van der Waals surface area contributed by atoms with Gasteiger partial charge in [-0.3, -0.25) is 9.69 Å². The lowest BCUT2D eigenvalue weighted by atomic mass is 10.00. The molecular formula is C18H26N4O2. The van der Waals surface area contributed by atoms with E-state index in [0.717, 1.165) is 69.8 Å². The fourth-order valence-corrected chi connectivity index (χ4v) is 4.05. The first-order valence-corrected chi connectivity index (χ1v) is 9.01. The average molecular weight is 330 g/mol. The molecule has 2 aliphatic heterocycles. The quantitative estimate of drug-likeness (QED) is 0.833. The third-order valence-corrected chi connectivity index (χ3v) is 5.48. The SMILES string of the molecule is Cn1cnc2c1C[C@H](CN1CCOCC1)N(C(=O)C1=CCCC1)C2. The zero-order chi connectivity index (χ0) is 16.5. The van der Waals surface area contributed by atoms with Gasteiger partial charge in [-0.05, 0) is 19.3 Å². The summed E-state index contributed by atoms with van der Waals surface area (Å²) in [7, 11) is 2.05. The van der Waals surface area contributed by atoms with Crippen LogP contribution in [0.1, 0.15) is 30.7 Å². The smallest absolute Gasteiger partial charge is 0.250 e. The van der Waals surface area contributed by atoms with Gasteiger partial charge in [0.15, 0.2) is 0 Å². The number of aryl methyl sites for hydroxylation is 1. The predicted octanol–water partition coefficient (Wildman–Crippen LogP) is 1.12. The molecule has 24 heavy (non-hydrogen) atoms. The summed E-state index contributed by atoms with van der Waals surface area (Å²) in [4.78, 5) is 22.1. The van der Waals surface area contributed by atoms with Crippen molar-refractivity contribution in [3.8, 4) is 0 Å². The number of carbonyl (C=O) groups is 1. The van der Waals surface area contributed by atoms with Gasteiger partial charge in [-0.1, -0.05) is 6.08 Å². The molecule has 0 saturated carbocycles. The van der Waals surface area contributed by atoms with E-state index in [1.165, 1.54) is 5.69 Å². The van der Waals surface area contributed by atoms with Gasteiger partial charge in [-0.25, -0.2) is 4.98 Å². The van der Waals surface area contributed by atoms with Gasteiger partial charge in [0.25, 0.3) is 0 Å². The summed E-state index contributed by atoms with van der Waals surface area (Å²) in [5.74, 6) is 0.224. The molecule has 4 rings (SSSR count). The van der Waals surface area contributed by atoms with E-state index in [1.54, 1.807) is 0 Å². The van der Waals surface area contributed by atoms with Crippen LogP contribution in [0.25, 0.3) is 0 Å². The van der Waals surface area contributed by atoms with Crippen molar-refractivity contribution < 1.29 is 9.53 Å². The maximum absolute atomic E-state index is 13.0. The molecule has 3 aliphatic rings. The van der Waals surface area contributed by atoms with Gasteiger partial charge in [0, 0.05) is 44.4 Å². The number of hydrogen-bond donors (Lipinski definition) is 0. The average Bonchev–Trinajstić information content (AvgIpc) is 3.25. The standard InChI is InChI=1S/C18H26N4O2/c1-20-13-19-16-12-22(18(23)14-4-2-3-5-14)15(10-17(16)20)11-21-6-8-24-9-7-21/h4,13,15H,2-3,5-12H2,1H3/t15-/m1/s1. The van der Waals surface area contributed by atoms with Crippen LogP contribution in [0.4, 0.5) is 0 Å². The Morgan fingerprint density at radius 2 is 2.21 bits per heavy atom. The van der Waals surface area contributed by atoms with Crippen molar-refractivity contribution in [2.24, 2.45) is 7.05 Å². The van der Waals surface area contributed by atoms with Gasteiger partial charge >= 0.3 is 0 Å². The Morgan fingerprint density at radius 1 is 1.38 bits per heavy atom. The highest BCUT2D eigenvalue weighted by Gasteiger charge is 2.34. The van der Waals surface area contributed by atoms with Gasteiger partial charge in [0.1, 0.15) is 0 Å². The molecule has 0 bridgehead atoms. The summed E-state index contributed by atoms with van der Waals surface area (Å²) in [6.07, 6.45) is 7.97. The molecule has 1 aromatic rings. The van der Waals surface area contributed by atoms with Crippen LogP contribution in [0.2, 0.25) is 0 Å². The van der Waals surface area contributed by atoms with Crippen LogP contribution in [0.3, 0.4) is 0 Å². The third-order valence-electron chi connectivity index (χ3n) is 5.48. The Morgan fingerprint density at radius 3 is 2.96 bits per heavy atom. The van der Waals surface area contributed by atoms with Crippen LogP contribution < -0.4 is 0 Å². The van der Waals surface area contributed by atoms with Crippen LogP contribution in [-0.2, 0) is 29.5 Å². The Labute approximate surface area is 143 Å². The second-order valence-corrected chi connectivity index (χ2v) is 7.07. The van der Waals surface area contributed by atoms with Gasteiger partial charge in [0.05, 0.1) is 37.8 Å². The first kappa shape index (κ1) is 15.8. The van der Waals surface area contributed by atoms with Crippen LogP contribution in [0.15, 0.2) is 18.0 Å². The minimum Gasteiger partial charge on any atom is -0.379 e. The number of imidazole rings is 1. The van der Waals surface area contributed by atoms with E-state index in [9.17, 15) is 4.79 Å². The normalized spacial score (nSPS) is 24.8. The number of carbonyl (C=O) groups excluding carboxylic acids is 1. The highest BCUT2D eigenvalue weighted by molar-refractivity contribution is 5.94. The van der Waals surface area contributed by atoms with Crippen molar-refractivity contribution in [2.75, 3.05) is 32.8 Å². The van der Waals surface area contributed by atoms with Crippen LogP contribution >= 0.6 is 0 Å². The van der Waals surface area contributed by atoms with Gasteiger partial charge in [-0.2, -0.15) is 0 Å². The lowest BCUT2D eigenvalue weighted by Crippen LogP contribution is -2.52. The number of morpholine rings is 1. The molecule has 0 aromatic carbocycles. The van der Waals surface area contributed by atoms with E-state index in [4.69, 9.17) is 4.74 Å². The molecular weight excluding hydrogens is 304 g/mol. The lowest BCUT2D eigenvalue weighted by molar-refractivity contribution is -0.131. The van der Waals surface area contributed by atoms with Gasteiger partial charge < -0.3 is 14.2 Å². The largest absolute Gasteiger partial charge is 0.379 e. The predicted molar refractivity (Wildman–Crippen MR) is 90.4 cm³/mol. The van der Waals surface area contributed by atoms with Crippen LogP contribution in [-0.4, -0.2) is 64.1 Å². The molecule has 0 spiro atoms. The maximum atomic E-state index is 13.0. The zero-order valence-corrected chi connectivity index (χ0v) is 14.4. The summed E-state index contributed by atoms with van der Waals surface area (Å²) >= 11 is 0. The zero-order valence-electron chi connectivity index (χ0n) is 14.4. The molecule has 1 atom stereocenters. The molecule has 1 aromatic heterocycles. The second-order valence-electron chi connectivity index (χ2n) is 7.07. The molecule has 1 aliphatic carbocycles. The van der Waals surface area contributed by atoms with Crippen molar-refractivity contribution in [3.63, 3.8) is 0 Å². The van der Waals surface area contributed by atoms with E-state index >= 15 is 0 Å². The second kappa shape index (κ2) is 6.69. The number of aromatic nitrogens is 2. The molecule has 1 saturated heterocycles. The van der Waals surface area contributed by atoms with E-state index in [0.29, 0.717) is 6.54 Å². The van der Waals surface area contributed by atoms with E-state index in [-0.39, 0.29) is 11.9 Å². The fraction of sp³-hybridized carbons (Fsp3) is 0.667. The molecule has 6 nitrogen and oxygen atoms in total. The fourth-order valence-electron chi connectivity index (χ4n) is 4.05. The molecule has 1 amide bonds. The Hall–Kier alpha value is -1.66. The van der Waals surface area contributed by atoms with Gasteiger partial charge in [-0.15, -0.1) is 0 Å². The number of rotatable bonds is 3. The van der Waals surface area contributed by atoms with E-state index in [2.05, 4.69) is 32.5 Å². The summed E-state index contributed by atoms with van der Waals surface area (Å²) in [6.45, 7) is 5.07. The Kier molecular flexibility index (Phi) is 4.41. The molecule has 6 heteroatoms. The van der Waals surface area contributed by atoms with E-state index < -0.39 is 0 Å². The summed E-state index contributed by atoms with van der Waals surface area (Å²) in [6, 6.07) is 0.222. The molecule has 0 N–H and O–H groups in total. The minimum absolute atomic E-state index is 0.222. The van der Waals surface area contributed by atoms with Crippen molar-refractivity contribution in [3.05, 3.63) is 29.4 Å². The lowest BCUT2D eigenvalue weighted by Gasteiger charge is -2.39. The first-order chi connectivity index (χ1) is 11.7. The van der Waals surface area contributed by atoms with Crippen LogP contribution in [0, 0.1) is 0 Å². The molecule has 130 valence electrons. The number of allylic oxidation sites excluding steroid dienone is 1. The number of hydrogen-bond acceptors (Lipinski definition) is 4. The molecule has 0 radical (unpaired) electrons. The minimum atomic E-state index is 0.222.